The molecule has 9 heteroatoms. The number of thioether (sulfide) groups is 2. The van der Waals surface area contributed by atoms with Crippen LogP contribution in [0.3, 0.4) is 0 Å². The normalized spacial score (nSPS) is 15.2. The first kappa shape index (κ1) is 33.7. The molecule has 248 valence electrons. The molecule has 0 spiro atoms. The predicted octanol–water partition coefficient (Wildman–Crippen LogP) is 8.51. The zero-order valence-corrected chi connectivity index (χ0v) is 28.8. The number of aromatic carboxylic acids is 1. The van der Waals surface area contributed by atoms with E-state index in [1.54, 1.807) is 36.4 Å². The highest BCUT2D eigenvalue weighted by Gasteiger charge is 2.32. The summed E-state index contributed by atoms with van der Waals surface area (Å²) in [5.74, 6) is 3.40. The van der Waals surface area contributed by atoms with Crippen LogP contribution in [0.25, 0.3) is 34.1 Å². The van der Waals surface area contributed by atoms with E-state index in [1.807, 2.05) is 66.0 Å². The van der Waals surface area contributed by atoms with Crippen molar-refractivity contribution in [2.75, 3.05) is 41.9 Å². The Bertz CT molecular complexity index is 1930. The minimum Gasteiger partial charge on any atom is -0.512 e. The molecule has 1 heterocycles. The van der Waals surface area contributed by atoms with Gasteiger partial charge in [-0.15, -0.1) is 0 Å². The fourth-order valence-electron chi connectivity index (χ4n) is 6.48. The van der Waals surface area contributed by atoms with Gasteiger partial charge in [-0.1, -0.05) is 61.5 Å². The predicted molar refractivity (Wildman–Crippen MR) is 200 cm³/mol. The maximum atomic E-state index is 13.6. The lowest BCUT2D eigenvalue weighted by Gasteiger charge is -2.29. The van der Waals surface area contributed by atoms with Gasteiger partial charge >= 0.3 is 5.97 Å². The number of hydrogen-bond acceptors (Lipinski definition) is 8. The monoisotopic (exact) mass is 680 g/mol. The van der Waals surface area contributed by atoms with Crippen LogP contribution in [0.1, 0.15) is 46.2 Å². The summed E-state index contributed by atoms with van der Waals surface area (Å²) in [5, 5.41) is 24.0. The van der Waals surface area contributed by atoms with Crippen molar-refractivity contribution < 1.29 is 19.4 Å². The number of para-hydroxylation sites is 1. The minimum atomic E-state index is -1.03. The molecule has 1 atom stereocenters. The average Bonchev–Trinajstić information content (AvgIpc) is 3.09. The van der Waals surface area contributed by atoms with Gasteiger partial charge in [0.15, 0.2) is 5.43 Å². The number of carboxylic acid groups (broad SMARTS) is 1. The standard InChI is InChI=1S/C39H40N2O5S2/c1-3-48-21-19-41(18-20-47-2)24-26-8-4-7-11-34(26)40-23-33-35(43)17-16-32-36(29-9-5-6-10-30(29)39(44)45)31-14-12-25-22-27(42)13-15-28(25)37(31)46-38(32)33/h4-17,25,40,42H,3,18-24H2,1-2H3,(H,44,45). The molecular formula is C39H40N2O5S2. The number of carbonyl (C=O) groups is 1. The first-order valence-electron chi connectivity index (χ1n) is 16.2. The Morgan fingerprint density at radius 1 is 1.00 bits per heavy atom. The molecule has 3 N–H and O–H groups in total. The van der Waals surface area contributed by atoms with Crippen molar-refractivity contribution in [1.29, 1.82) is 0 Å². The van der Waals surface area contributed by atoms with E-state index in [9.17, 15) is 19.8 Å². The van der Waals surface area contributed by atoms with Crippen molar-refractivity contribution >= 4 is 46.8 Å². The summed E-state index contributed by atoms with van der Waals surface area (Å²) in [6, 6.07) is 18.5. The quantitative estimate of drug-likeness (QED) is 0.113. The third-order valence-electron chi connectivity index (χ3n) is 8.91. The molecule has 1 aliphatic heterocycles. The number of hydrogen-bond donors (Lipinski definition) is 3. The number of fused-ring (bicyclic) bond motifs is 4. The Kier molecular flexibility index (Phi) is 10.8. The molecule has 0 fully saturated rings. The molecule has 6 rings (SSSR count). The van der Waals surface area contributed by atoms with Crippen LogP contribution >= 0.6 is 23.5 Å². The summed E-state index contributed by atoms with van der Waals surface area (Å²) in [5.41, 5.74) is 6.15. The van der Waals surface area contributed by atoms with E-state index >= 15 is 0 Å². The van der Waals surface area contributed by atoms with Crippen LogP contribution in [-0.2, 0) is 13.1 Å². The van der Waals surface area contributed by atoms with Crippen LogP contribution in [0.15, 0.2) is 93.9 Å². The van der Waals surface area contributed by atoms with Crippen LogP contribution in [0, 0.1) is 5.92 Å². The van der Waals surface area contributed by atoms with Gasteiger partial charge in [0.25, 0.3) is 0 Å². The van der Waals surface area contributed by atoms with Crippen LogP contribution in [-0.4, -0.2) is 57.7 Å². The first-order valence-corrected chi connectivity index (χ1v) is 18.8. The number of anilines is 1. The van der Waals surface area contributed by atoms with Crippen molar-refractivity contribution in [3.8, 4) is 22.5 Å². The lowest BCUT2D eigenvalue weighted by molar-refractivity contribution is 0.0697. The van der Waals surface area contributed by atoms with E-state index in [0.717, 1.165) is 59.3 Å². The fourth-order valence-corrected chi connectivity index (χ4v) is 7.60. The largest absolute Gasteiger partial charge is 0.512 e. The van der Waals surface area contributed by atoms with Gasteiger partial charge in [-0.05, 0) is 53.5 Å². The summed E-state index contributed by atoms with van der Waals surface area (Å²) in [6.45, 7) is 5.21. The van der Waals surface area contributed by atoms with Gasteiger partial charge in [-0.2, -0.15) is 23.5 Å². The molecule has 0 amide bonds. The average molecular weight is 681 g/mol. The summed E-state index contributed by atoms with van der Waals surface area (Å²) in [4.78, 5) is 28.5. The number of allylic oxidation sites excluding steroid dienone is 5. The maximum absolute atomic E-state index is 13.6. The minimum absolute atomic E-state index is 0.0973. The van der Waals surface area contributed by atoms with Gasteiger partial charge in [-0.3, -0.25) is 9.69 Å². The molecule has 2 aromatic carbocycles. The highest BCUT2D eigenvalue weighted by molar-refractivity contribution is 7.99. The number of nitrogens with one attached hydrogen (secondary N) is 1. The van der Waals surface area contributed by atoms with Crippen molar-refractivity contribution in [2.45, 2.75) is 26.4 Å². The van der Waals surface area contributed by atoms with Crippen LogP contribution in [0.4, 0.5) is 5.69 Å². The number of nitrogens with zero attached hydrogens (tertiary/aromatic N) is 1. The number of benzene rings is 3. The number of aliphatic hydroxyl groups excluding tert-OH is 1. The Labute approximate surface area is 289 Å². The molecule has 48 heavy (non-hydrogen) atoms. The number of rotatable bonds is 14. The molecule has 0 bridgehead atoms. The van der Waals surface area contributed by atoms with E-state index in [-0.39, 0.29) is 29.2 Å². The second-order valence-electron chi connectivity index (χ2n) is 11.9. The smallest absolute Gasteiger partial charge is 0.336 e. The molecule has 7 nitrogen and oxygen atoms in total. The van der Waals surface area contributed by atoms with E-state index in [4.69, 9.17) is 4.42 Å². The molecule has 0 radical (unpaired) electrons. The van der Waals surface area contributed by atoms with Crippen molar-refractivity contribution in [1.82, 2.24) is 4.90 Å². The molecular weight excluding hydrogens is 641 g/mol. The maximum Gasteiger partial charge on any atom is 0.336 e. The van der Waals surface area contributed by atoms with Gasteiger partial charge in [0.1, 0.15) is 11.5 Å². The third kappa shape index (κ3) is 7.14. The van der Waals surface area contributed by atoms with Crippen molar-refractivity contribution in [2.24, 2.45) is 5.92 Å². The van der Waals surface area contributed by atoms with Gasteiger partial charge in [0.2, 0.25) is 0 Å². The number of aliphatic hydroxyl groups is 1. The SMILES string of the molecule is CCSCCN(CCSC)Cc1ccccc1NCc1c2oc3c(c(-c4ccccc4C(=O)O)c-2ccc1=O)C=CC1CC(O)=CC=C31. The lowest BCUT2D eigenvalue weighted by Crippen LogP contribution is -2.28. The second kappa shape index (κ2) is 15.4. The Morgan fingerprint density at radius 3 is 2.60 bits per heavy atom. The number of carboxylic acids is 1. The fraction of sp³-hybridized carbons (Fsp3) is 0.282. The molecule has 0 saturated carbocycles. The first-order chi connectivity index (χ1) is 23.4. The Hall–Kier alpha value is -4.18. The Balaban J connectivity index is 1.43. The van der Waals surface area contributed by atoms with Crippen LogP contribution in [0.2, 0.25) is 0 Å². The van der Waals surface area contributed by atoms with E-state index in [1.165, 1.54) is 0 Å². The van der Waals surface area contributed by atoms with Crippen molar-refractivity contribution in [3.05, 3.63) is 123 Å². The van der Waals surface area contributed by atoms with Crippen LogP contribution < -0.4 is 10.7 Å². The zero-order valence-electron chi connectivity index (χ0n) is 27.2. The van der Waals surface area contributed by atoms with Crippen LogP contribution in [0.5, 0.6) is 0 Å². The van der Waals surface area contributed by atoms with Gasteiger partial charge in [-0.25, -0.2) is 4.79 Å². The summed E-state index contributed by atoms with van der Waals surface area (Å²) < 4.78 is 6.72. The lowest BCUT2D eigenvalue weighted by atomic mass is 9.79. The summed E-state index contributed by atoms with van der Waals surface area (Å²) in [6.07, 6.45) is 10.1. The van der Waals surface area contributed by atoms with Crippen molar-refractivity contribution in [3.63, 3.8) is 0 Å². The summed E-state index contributed by atoms with van der Waals surface area (Å²) in [7, 11) is 0. The topological polar surface area (TPSA) is 103 Å². The van der Waals surface area contributed by atoms with Gasteiger partial charge < -0.3 is 19.9 Å². The zero-order chi connectivity index (χ0) is 33.6. The molecule has 0 saturated heterocycles. The van der Waals surface area contributed by atoms with Gasteiger partial charge in [0, 0.05) is 78.0 Å². The molecule has 2 aromatic rings. The molecule has 4 aliphatic rings. The van der Waals surface area contributed by atoms with E-state index in [2.05, 4.69) is 29.5 Å². The third-order valence-corrected chi connectivity index (χ3v) is 10.4. The highest BCUT2D eigenvalue weighted by Crippen LogP contribution is 2.48. The molecule has 3 aliphatic carbocycles. The summed E-state index contributed by atoms with van der Waals surface area (Å²) >= 11 is 3.80. The van der Waals surface area contributed by atoms with E-state index < -0.39 is 5.97 Å². The Morgan fingerprint density at radius 2 is 1.79 bits per heavy atom. The molecule has 0 aromatic heterocycles. The van der Waals surface area contributed by atoms with Gasteiger partial charge in [0.05, 0.1) is 16.9 Å². The van der Waals surface area contributed by atoms with E-state index in [0.29, 0.717) is 40.2 Å². The molecule has 1 unspecified atom stereocenters. The second-order valence-corrected chi connectivity index (χ2v) is 14.3. The highest BCUT2D eigenvalue weighted by atomic mass is 32.2.